The molecule has 0 radical (unpaired) electrons. The van der Waals surface area contributed by atoms with Gasteiger partial charge in [0.15, 0.2) is 0 Å². The highest BCUT2D eigenvalue weighted by Gasteiger charge is 2.25. The van der Waals surface area contributed by atoms with Gasteiger partial charge in [-0.3, -0.25) is 10.2 Å². The first-order chi connectivity index (χ1) is 7.13. The molecule has 0 aliphatic heterocycles. The Bertz CT molecular complexity index is 202. The number of amides is 1. The lowest BCUT2D eigenvalue weighted by Crippen LogP contribution is -2.35. The van der Waals surface area contributed by atoms with Gasteiger partial charge in [0.2, 0.25) is 5.91 Å². The second kappa shape index (κ2) is 6.08. The maximum absolute atomic E-state index is 10.9. The summed E-state index contributed by atoms with van der Waals surface area (Å²) in [4.78, 5) is 13.4. The van der Waals surface area contributed by atoms with Crippen molar-refractivity contribution in [1.29, 1.82) is 0 Å². The molecule has 1 fully saturated rings. The Morgan fingerprint density at radius 3 is 2.67 bits per heavy atom. The first kappa shape index (κ1) is 12.5. The molecule has 3 N–H and O–H groups in total. The molecule has 0 unspecified atom stereocenters. The van der Waals surface area contributed by atoms with Crippen LogP contribution in [0.1, 0.15) is 39.5 Å². The molecule has 1 amide bonds. The van der Waals surface area contributed by atoms with Crippen LogP contribution in [0.3, 0.4) is 0 Å². The third kappa shape index (κ3) is 5.14. The first-order valence-corrected chi connectivity index (χ1v) is 5.87. The monoisotopic (exact) mass is 213 g/mol. The van der Waals surface area contributed by atoms with Crippen LogP contribution in [0, 0.1) is 5.92 Å². The highest BCUT2D eigenvalue weighted by atomic mass is 16.2. The van der Waals surface area contributed by atoms with E-state index in [2.05, 4.69) is 24.2 Å². The van der Waals surface area contributed by atoms with Crippen molar-refractivity contribution >= 4 is 5.91 Å². The molecule has 4 nitrogen and oxygen atoms in total. The van der Waals surface area contributed by atoms with E-state index in [1.165, 1.54) is 19.4 Å². The van der Waals surface area contributed by atoms with E-state index in [9.17, 15) is 4.79 Å². The quantitative estimate of drug-likeness (QED) is 0.375. The van der Waals surface area contributed by atoms with E-state index in [1.54, 1.807) is 0 Å². The topological polar surface area (TPSA) is 58.4 Å². The van der Waals surface area contributed by atoms with Crippen LogP contribution >= 0.6 is 0 Å². The normalized spacial score (nSPS) is 16.1. The minimum Gasteiger partial charge on any atom is -0.301 e. The molecule has 1 aliphatic carbocycles. The van der Waals surface area contributed by atoms with Crippen LogP contribution in [0.2, 0.25) is 0 Å². The minimum atomic E-state index is -0.0647. The third-order valence-electron chi connectivity index (χ3n) is 2.93. The van der Waals surface area contributed by atoms with Crippen LogP contribution in [-0.4, -0.2) is 29.9 Å². The van der Waals surface area contributed by atoms with Gasteiger partial charge in [0.25, 0.3) is 0 Å². The summed E-state index contributed by atoms with van der Waals surface area (Å²) in [5.74, 6) is 5.87. The van der Waals surface area contributed by atoms with E-state index in [1.807, 2.05) is 0 Å². The number of carbonyl (C=O) groups is 1. The van der Waals surface area contributed by atoms with Crippen LogP contribution in [0.15, 0.2) is 0 Å². The number of rotatable bonds is 7. The Balaban J connectivity index is 2.15. The summed E-state index contributed by atoms with van der Waals surface area (Å²) >= 11 is 0. The molecule has 1 rings (SSSR count). The van der Waals surface area contributed by atoms with Gasteiger partial charge in [-0.15, -0.1) is 0 Å². The van der Waals surface area contributed by atoms with Gasteiger partial charge < -0.3 is 4.90 Å². The number of hydrazine groups is 1. The Morgan fingerprint density at radius 2 is 2.20 bits per heavy atom. The molecule has 0 heterocycles. The fourth-order valence-electron chi connectivity index (χ4n) is 1.71. The average Bonchev–Trinajstić information content (AvgIpc) is 2.99. The zero-order valence-electron chi connectivity index (χ0n) is 9.83. The van der Waals surface area contributed by atoms with Crippen LogP contribution in [0.25, 0.3) is 0 Å². The van der Waals surface area contributed by atoms with E-state index in [4.69, 9.17) is 5.84 Å². The average molecular weight is 213 g/mol. The molecular weight excluding hydrogens is 190 g/mol. The highest BCUT2D eigenvalue weighted by Crippen LogP contribution is 2.30. The summed E-state index contributed by atoms with van der Waals surface area (Å²) in [6.07, 6.45) is 4.19. The van der Waals surface area contributed by atoms with Gasteiger partial charge in [0.1, 0.15) is 0 Å². The first-order valence-electron chi connectivity index (χ1n) is 5.87. The van der Waals surface area contributed by atoms with E-state index in [0.29, 0.717) is 12.5 Å². The Hall–Kier alpha value is -0.610. The molecule has 1 aliphatic rings. The van der Waals surface area contributed by atoms with E-state index >= 15 is 0 Å². The molecule has 0 atom stereocenters. The van der Waals surface area contributed by atoms with Crippen molar-refractivity contribution in [2.45, 2.75) is 45.6 Å². The van der Waals surface area contributed by atoms with Crippen molar-refractivity contribution in [3.63, 3.8) is 0 Å². The highest BCUT2D eigenvalue weighted by molar-refractivity contribution is 5.75. The number of hydrogen-bond acceptors (Lipinski definition) is 3. The van der Waals surface area contributed by atoms with Crippen LogP contribution < -0.4 is 11.3 Å². The lowest BCUT2D eigenvalue weighted by molar-refractivity contribution is -0.121. The number of nitrogens with one attached hydrogen (secondary N) is 1. The van der Waals surface area contributed by atoms with Crippen molar-refractivity contribution in [3.05, 3.63) is 0 Å². The second-order valence-corrected chi connectivity index (χ2v) is 4.70. The fraction of sp³-hybridized carbons (Fsp3) is 0.909. The molecule has 0 aromatic heterocycles. The van der Waals surface area contributed by atoms with Crippen LogP contribution in [0.5, 0.6) is 0 Å². The van der Waals surface area contributed by atoms with Crippen LogP contribution in [-0.2, 0) is 4.79 Å². The molecular formula is C11H23N3O. The zero-order chi connectivity index (χ0) is 11.3. The lowest BCUT2D eigenvalue weighted by Gasteiger charge is -2.26. The maximum atomic E-state index is 10.9. The summed E-state index contributed by atoms with van der Waals surface area (Å²) in [6, 6.07) is 0.575. The Labute approximate surface area is 92.2 Å². The predicted octanol–water partition coefficient (Wildman–Crippen LogP) is 0.877. The van der Waals surface area contributed by atoms with Crippen molar-refractivity contribution in [2.24, 2.45) is 11.8 Å². The molecule has 0 aromatic carbocycles. The van der Waals surface area contributed by atoms with E-state index in [-0.39, 0.29) is 5.91 Å². The third-order valence-corrected chi connectivity index (χ3v) is 2.93. The van der Waals surface area contributed by atoms with Gasteiger partial charge in [-0.05, 0) is 45.6 Å². The largest absolute Gasteiger partial charge is 0.301 e. The van der Waals surface area contributed by atoms with Crippen molar-refractivity contribution in [3.8, 4) is 0 Å². The number of nitrogens with two attached hydrogens (primary N) is 1. The SMILES string of the molecule is CC(C)N(CCCC(=O)NN)CC1CC1. The fourth-order valence-corrected chi connectivity index (χ4v) is 1.71. The van der Waals surface area contributed by atoms with Gasteiger partial charge in [0, 0.05) is 19.0 Å². The summed E-state index contributed by atoms with van der Waals surface area (Å²) < 4.78 is 0. The molecule has 0 saturated heterocycles. The Morgan fingerprint density at radius 1 is 1.53 bits per heavy atom. The molecule has 88 valence electrons. The number of carbonyl (C=O) groups excluding carboxylic acids is 1. The summed E-state index contributed by atoms with van der Waals surface area (Å²) in [7, 11) is 0. The molecule has 4 heteroatoms. The summed E-state index contributed by atoms with van der Waals surface area (Å²) in [5, 5.41) is 0. The summed E-state index contributed by atoms with van der Waals surface area (Å²) in [5.41, 5.74) is 2.16. The van der Waals surface area contributed by atoms with Crippen molar-refractivity contribution < 1.29 is 4.79 Å². The lowest BCUT2D eigenvalue weighted by atomic mass is 10.2. The molecule has 1 saturated carbocycles. The van der Waals surface area contributed by atoms with Gasteiger partial charge in [-0.1, -0.05) is 0 Å². The van der Waals surface area contributed by atoms with E-state index in [0.717, 1.165) is 18.9 Å². The van der Waals surface area contributed by atoms with Crippen LogP contribution in [0.4, 0.5) is 0 Å². The molecule has 0 spiro atoms. The van der Waals surface area contributed by atoms with Crippen molar-refractivity contribution in [2.75, 3.05) is 13.1 Å². The van der Waals surface area contributed by atoms with Gasteiger partial charge in [-0.25, -0.2) is 5.84 Å². The predicted molar refractivity (Wildman–Crippen MR) is 61.0 cm³/mol. The van der Waals surface area contributed by atoms with Crippen molar-refractivity contribution in [1.82, 2.24) is 10.3 Å². The van der Waals surface area contributed by atoms with Gasteiger partial charge in [0.05, 0.1) is 0 Å². The van der Waals surface area contributed by atoms with Gasteiger partial charge in [-0.2, -0.15) is 0 Å². The maximum Gasteiger partial charge on any atom is 0.233 e. The smallest absolute Gasteiger partial charge is 0.233 e. The van der Waals surface area contributed by atoms with E-state index < -0.39 is 0 Å². The minimum absolute atomic E-state index is 0.0647. The number of nitrogens with zero attached hydrogens (tertiary/aromatic N) is 1. The molecule has 0 aromatic rings. The summed E-state index contributed by atoms with van der Waals surface area (Å²) in [6.45, 7) is 6.63. The number of hydrogen-bond donors (Lipinski definition) is 2. The molecule has 15 heavy (non-hydrogen) atoms. The second-order valence-electron chi connectivity index (χ2n) is 4.70. The zero-order valence-corrected chi connectivity index (χ0v) is 9.83. The van der Waals surface area contributed by atoms with Gasteiger partial charge >= 0.3 is 0 Å². The standard InChI is InChI=1S/C11H23N3O/c1-9(2)14(8-10-5-6-10)7-3-4-11(15)13-12/h9-10H,3-8,12H2,1-2H3,(H,13,15). The Kier molecular flexibility index (Phi) is 5.05. The molecule has 0 bridgehead atoms.